The van der Waals surface area contributed by atoms with Crippen molar-refractivity contribution in [3.8, 4) is 0 Å². The topological polar surface area (TPSA) is 103 Å². The SMILES string of the molecule is NC(N)=N/C(=C(\N)c1ccc2ncccc2c1)c1ccc(F)cc1. The van der Waals surface area contributed by atoms with Gasteiger partial charge in [0.25, 0.3) is 0 Å². The highest BCUT2D eigenvalue weighted by Gasteiger charge is 2.10. The quantitative estimate of drug-likeness (QED) is 0.391. The Hall–Kier alpha value is -3.41. The van der Waals surface area contributed by atoms with E-state index in [2.05, 4.69) is 9.98 Å². The zero-order valence-electron chi connectivity index (χ0n) is 12.8. The van der Waals surface area contributed by atoms with Crippen LogP contribution in [0.15, 0.2) is 65.8 Å². The molecule has 0 radical (unpaired) electrons. The largest absolute Gasteiger partial charge is 0.396 e. The van der Waals surface area contributed by atoms with Crippen molar-refractivity contribution in [2.45, 2.75) is 0 Å². The van der Waals surface area contributed by atoms with Crippen LogP contribution in [0.4, 0.5) is 4.39 Å². The van der Waals surface area contributed by atoms with E-state index < -0.39 is 0 Å². The second-order valence-electron chi connectivity index (χ2n) is 5.22. The lowest BCUT2D eigenvalue weighted by molar-refractivity contribution is 0.627. The van der Waals surface area contributed by atoms with Crippen molar-refractivity contribution in [2.24, 2.45) is 22.2 Å². The molecule has 3 rings (SSSR count). The zero-order chi connectivity index (χ0) is 17.1. The molecule has 1 aromatic heterocycles. The molecule has 1 heterocycles. The fraction of sp³-hybridized carbons (Fsp3) is 0. The van der Waals surface area contributed by atoms with Crippen molar-refractivity contribution < 1.29 is 4.39 Å². The predicted octanol–water partition coefficient (Wildman–Crippen LogP) is 2.43. The van der Waals surface area contributed by atoms with E-state index in [0.29, 0.717) is 17.0 Å². The molecule has 0 aliphatic rings. The molecular formula is C18H16FN5. The lowest BCUT2D eigenvalue weighted by Gasteiger charge is -2.10. The molecule has 0 amide bonds. The van der Waals surface area contributed by atoms with E-state index in [0.717, 1.165) is 16.5 Å². The Bertz CT molecular complexity index is 941. The molecule has 0 atom stereocenters. The highest BCUT2D eigenvalue weighted by Crippen LogP contribution is 2.26. The first-order valence-electron chi connectivity index (χ1n) is 7.25. The van der Waals surface area contributed by atoms with Gasteiger partial charge in [-0.25, -0.2) is 9.38 Å². The Morgan fingerprint density at radius 3 is 2.33 bits per heavy atom. The van der Waals surface area contributed by atoms with Gasteiger partial charge in [-0.1, -0.05) is 12.1 Å². The maximum Gasteiger partial charge on any atom is 0.191 e. The fourth-order valence-corrected chi connectivity index (χ4v) is 2.40. The van der Waals surface area contributed by atoms with E-state index in [-0.39, 0.29) is 11.8 Å². The van der Waals surface area contributed by atoms with Gasteiger partial charge in [-0.3, -0.25) is 4.98 Å². The van der Waals surface area contributed by atoms with Gasteiger partial charge in [0.1, 0.15) is 5.82 Å². The van der Waals surface area contributed by atoms with Crippen molar-refractivity contribution in [1.29, 1.82) is 0 Å². The van der Waals surface area contributed by atoms with Crippen LogP contribution in [-0.4, -0.2) is 10.9 Å². The van der Waals surface area contributed by atoms with E-state index >= 15 is 0 Å². The molecule has 0 saturated heterocycles. The summed E-state index contributed by atoms with van der Waals surface area (Å²) < 4.78 is 13.2. The summed E-state index contributed by atoms with van der Waals surface area (Å²) in [6, 6.07) is 15.2. The molecule has 24 heavy (non-hydrogen) atoms. The van der Waals surface area contributed by atoms with Gasteiger partial charge in [-0.05, 0) is 42.5 Å². The molecule has 0 bridgehead atoms. The molecule has 0 spiro atoms. The number of aliphatic imine (C=N–C) groups is 1. The summed E-state index contributed by atoms with van der Waals surface area (Å²) in [5.74, 6) is -0.474. The third kappa shape index (κ3) is 3.17. The Morgan fingerprint density at radius 1 is 0.917 bits per heavy atom. The van der Waals surface area contributed by atoms with Crippen LogP contribution in [0.1, 0.15) is 11.1 Å². The second kappa shape index (κ2) is 6.37. The third-order valence-electron chi connectivity index (χ3n) is 3.53. The highest BCUT2D eigenvalue weighted by molar-refractivity contribution is 5.96. The van der Waals surface area contributed by atoms with E-state index in [1.54, 1.807) is 18.3 Å². The first-order chi connectivity index (χ1) is 11.5. The highest BCUT2D eigenvalue weighted by atomic mass is 19.1. The molecule has 6 N–H and O–H groups in total. The minimum absolute atomic E-state index is 0.125. The Balaban J connectivity index is 2.18. The third-order valence-corrected chi connectivity index (χ3v) is 3.53. The monoisotopic (exact) mass is 321 g/mol. The molecule has 0 saturated carbocycles. The van der Waals surface area contributed by atoms with Crippen molar-refractivity contribution in [3.63, 3.8) is 0 Å². The van der Waals surface area contributed by atoms with Crippen LogP contribution in [0.3, 0.4) is 0 Å². The normalized spacial score (nSPS) is 11.9. The summed E-state index contributed by atoms with van der Waals surface area (Å²) in [6.45, 7) is 0. The smallest absolute Gasteiger partial charge is 0.191 e. The second-order valence-corrected chi connectivity index (χ2v) is 5.22. The van der Waals surface area contributed by atoms with E-state index in [1.165, 1.54) is 12.1 Å². The van der Waals surface area contributed by atoms with E-state index in [4.69, 9.17) is 17.2 Å². The summed E-state index contributed by atoms with van der Waals surface area (Å²) in [5.41, 5.74) is 20.3. The van der Waals surface area contributed by atoms with Crippen LogP contribution in [-0.2, 0) is 0 Å². The van der Waals surface area contributed by atoms with E-state index in [9.17, 15) is 4.39 Å². The molecule has 6 heteroatoms. The average Bonchev–Trinajstić information content (AvgIpc) is 2.59. The number of hydrogen-bond acceptors (Lipinski definition) is 3. The van der Waals surface area contributed by atoms with Gasteiger partial charge in [-0.15, -0.1) is 0 Å². The van der Waals surface area contributed by atoms with Crippen molar-refractivity contribution >= 4 is 28.3 Å². The van der Waals surface area contributed by atoms with Gasteiger partial charge < -0.3 is 17.2 Å². The number of nitrogens with zero attached hydrogens (tertiary/aromatic N) is 2. The van der Waals surface area contributed by atoms with Gasteiger partial charge in [0.2, 0.25) is 0 Å². The predicted molar refractivity (Wildman–Crippen MR) is 95.0 cm³/mol. The number of guanidine groups is 1. The zero-order valence-corrected chi connectivity index (χ0v) is 12.8. The lowest BCUT2D eigenvalue weighted by Crippen LogP contribution is -2.23. The minimum atomic E-state index is -0.349. The molecule has 120 valence electrons. The summed E-state index contributed by atoms with van der Waals surface area (Å²) in [5, 5.41) is 0.945. The summed E-state index contributed by atoms with van der Waals surface area (Å²) in [4.78, 5) is 8.40. The van der Waals surface area contributed by atoms with Crippen LogP contribution < -0.4 is 17.2 Å². The maximum atomic E-state index is 13.2. The summed E-state index contributed by atoms with van der Waals surface area (Å²) in [6.07, 6.45) is 1.73. The molecule has 5 nitrogen and oxygen atoms in total. The van der Waals surface area contributed by atoms with Crippen molar-refractivity contribution in [3.05, 3.63) is 77.7 Å². The maximum absolute atomic E-state index is 13.2. The van der Waals surface area contributed by atoms with Crippen LogP contribution >= 0.6 is 0 Å². The summed E-state index contributed by atoms with van der Waals surface area (Å²) in [7, 11) is 0. The van der Waals surface area contributed by atoms with E-state index in [1.807, 2.05) is 30.3 Å². The standard InChI is InChI=1S/C18H16FN5/c19-14-6-3-11(4-7-14)17(24-18(21)22)16(20)13-5-8-15-12(10-13)2-1-9-23-15/h1-10H,20H2,(H4,21,22,24)/b17-16-. The minimum Gasteiger partial charge on any atom is -0.396 e. The van der Waals surface area contributed by atoms with Gasteiger partial charge in [-0.2, -0.15) is 0 Å². The van der Waals surface area contributed by atoms with Gasteiger partial charge >= 0.3 is 0 Å². The number of pyridine rings is 1. The van der Waals surface area contributed by atoms with Gasteiger partial charge in [0, 0.05) is 22.7 Å². The van der Waals surface area contributed by atoms with Crippen molar-refractivity contribution in [1.82, 2.24) is 4.98 Å². The van der Waals surface area contributed by atoms with Gasteiger partial charge in [0.15, 0.2) is 5.96 Å². The molecule has 2 aromatic carbocycles. The van der Waals surface area contributed by atoms with Crippen LogP contribution in [0, 0.1) is 5.82 Å². The molecule has 3 aromatic rings. The number of aromatic nitrogens is 1. The van der Waals surface area contributed by atoms with Crippen LogP contribution in [0.5, 0.6) is 0 Å². The van der Waals surface area contributed by atoms with Crippen LogP contribution in [0.25, 0.3) is 22.3 Å². The first-order valence-corrected chi connectivity index (χ1v) is 7.25. The number of benzene rings is 2. The molecule has 0 fully saturated rings. The van der Waals surface area contributed by atoms with Crippen LogP contribution in [0.2, 0.25) is 0 Å². The molecular weight excluding hydrogens is 305 g/mol. The van der Waals surface area contributed by atoms with Crippen molar-refractivity contribution in [2.75, 3.05) is 0 Å². The molecule has 0 aliphatic heterocycles. The number of fused-ring (bicyclic) bond motifs is 1. The fourth-order valence-electron chi connectivity index (χ4n) is 2.40. The summed E-state index contributed by atoms with van der Waals surface area (Å²) >= 11 is 0. The Morgan fingerprint density at radius 2 is 1.62 bits per heavy atom. The van der Waals surface area contributed by atoms with Gasteiger partial charge in [0.05, 0.1) is 16.9 Å². The first kappa shape index (κ1) is 15.5. The molecule has 0 aliphatic carbocycles. The number of halogens is 1. The molecule has 0 unspecified atom stereocenters. The lowest BCUT2D eigenvalue weighted by atomic mass is 10.0. The number of nitrogens with two attached hydrogens (primary N) is 3. The Labute approximate surface area is 138 Å². The number of rotatable bonds is 3. The number of hydrogen-bond donors (Lipinski definition) is 3. The Kier molecular flexibility index (Phi) is 4.11. The average molecular weight is 321 g/mol.